The second kappa shape index (κ2) is 8.92. The minimum Gasteiger partial charge on any atom is -0.355 e. The number of fused-ring (bicyclic) bond motifs is 1. The fourth-order valence-corrected chi connectivity index (χ4v) is 6.91. The van der Waals surface area contributed by atoms with Crippen LogP contribution in [0.5, 0.6) is 0 Å². The second-order valence-corrected chi connectivity index (χ2v) is 10.9. The molecule has 0 spiro atoms. The summed E-state index contributed by atoms with van der Waals surface area (Å²) in [6.07, 6.45) is 1.36. The van der Waals surface area contributed by atoms with Gasteiger partial charge in [0.15, 0.2) is 5.01 Å². The van der Waals surface area contributed by atoms with Crippen molar-refractivity contribution in [3.8, 4) is 0 Å². The Morgan fingerprint density at radius 2 is 1.92 bits per heavy atom. The number of aryl methyl sites for hydroxylation is 2. The average Bonchev–Trinajstić information content (AvgIpc) is 3.17. The van der Waals surface area contributed by atoms with Crippen LogP contribution in [0.15, 0.2) is 72.1 Å². The van der Waals surface area contributed by atoms with E-state index >= 15 is 0 Å². The van der Waals surface area contributed by atoms with E-state index in [2.05, 4.69) is 53.6 Å². The molecule has 0 bridgehead atoms. The predicted octanol–water partition coefficient (Wildman–Crippen LogP) is 6.45. The van der Waals surface area contributed by atoms with Crippen molar-refractivity contribution >= 4 is 34.8 Å². The molecule has 1 amide bonds. The average molecular weight is 511 g/mol. The van der Waals surface area contributed by atoms with Crippen LogP contribution in [0, 0.1) is 31.0 Å². The van der Waals surface area contributed by atoms with Crippen molar-refractivity contribution in [1.82, 2.24) is 9.88 Å². The summed E-state index contributed by atoms with van der Waals surface area (Å²) in [5.41, 5.74) is 6.56. The van der Waals surface area contributed by atoms with Gasteiger partial charge in [0.1, 0.15) is 5.82 Å². The number of piperidine rings is 1. The van der Waals surface area contributed by atoms with Crippen LogP contribution in [-0.2, 0) is 5.41 Å². The largest absolute Gasteiger partial charge is 0.355 e. The van der Waals surface area contributed by atoms with Crippen LogP contribution < -0.4 is 5.32 Å². The van der Waals surface area contributed by atoms with E-state index in [9.17, 15) is 9.18 Å². The van der Waals surface area contributed by atoms with Crippen LogP contribution >= 0.6 is 11.3 Å². The monoisotopic (exact) mass is 510 g/mol. The molecule has 2 aliphatic rings. The van der Waals surface area contributed by atoms with Gasteiger partial charge < -0.3 is 15.6 Å². The van der Waals surface area contributed by atoms with E-state index in [1.54, 1.807) is 12.1 Å². The van der Waals surface area contributed by atoms with Crippen molar-refractivity contribution in [3.05, 3.63) is 111 Å². The third kappa shape index (κ3) is 3.94. The summed E-state index contributed by atoms with van der Waals surface area (Å²) in [6, 6.07) is 20.9. The molecule has 1 saturated carbocycles. The summed E-state index contributed by atoms with van der Waals surface area (Å²) < 4.78 is 13.4. The van der Waals surface area contributed by atoms with Gasteiger partial charge in [0.25, 0.3) is 5.91 Å². The van der Waals surface area contributed by atoms with Crippen molar-refractivity contribution in [2.45, 2.75) is 25.2 Å². The molecule has 1 aliphatic heterocycles. The molecule has 5 nitrogen and oxygen atoms in total. The summed E-state index contributed by atoms with van der Waals surface area (Å²) in [6.45, 7) is 5.31. The van der Waals surface area contributed by atoms with E-state index in [1.807, 2.05) is 23.3 Å². The number of nitrogens with one attached hydrogen (secondary N) is 2. The standard InChI is InChI=1S/C30H27FN4OS/c1-18-12-26(34-23-10-8-22(31)9-11-23)21(14-32)13-24(18)30-17-35(29(36)28-33-19(2)16-37-28)15-25(30)27(30)20-6-4-3-5-7-20/h3-14,16,25,27,32,34H,15,17H2,1-2H3/t25-,27-,30+/m0/s1. The maximum atomic E-state index is 13.4. The van der Waals surface area contributed by atoms with Crippen LogP contribution in [0.1, 0.15) is 43.7 Å². The first-order valence-electron chi connectivity index (χ1n) is 12.4. The van der Waals surface area contributed by atoms with Gasteiger partial charge in [-0.2, -0.15) is 0 Å². The highest BCUT2D eigenvalue weighted by Crippen LogP contribution is 2.70. The van der Waals surface area contributed by atoms with Gasteiger partial charge in [-0.1, -0.05) is 30.3 Å². The zero-order valence-corrected chi connectivity index (χ0v) is 21.5. The molecular formula is C30H27FN4OS. The van der Waals surface area contributed by atoms with Crippen LogP contribution in [0.2, 0.25) is 0 Å². The lowest BCUT2D eigenvalue weighted by Gasteiger charge is -2.26. The zero-order valence-electron chi connectivity index (χ0n) is 20.7. The van der Waals surface area contributed by atoms with Crippen LogP contribution in [0.25, 0.3) is 0 Å². The van der Waals surface area contributed by atoms with Gasteiger partial charge in [-0.05, 0) is 72.9 Å². The lowest BCUT2D eigenvalue weighted by Crippen LogP contribution is -2.34. The van der Waals surface area contributed by atoms with Gasteiger partial charge in [0.2, 0.25) is 0 Å². The molecular weight excluding hydrogens is 483 g/mol. The van der Waals surface area contributed by atoms with Crippen molar-refractivity contribution in [1.29, 1.82) is 5.41 Å². The van der Waals surface area contributed by atoms with Gasteiger partial charge in [-0.25, -0.2) is 9.37 Å². The molecule has 4 aromatic rings. The molecule has 3 atom stereocenters. The van der Waals surface area contributed by atoms with Gasteiger partial charge in [0, 0.05) is 58.6 Å². The lowest BCUT2D eigenvalue weighted by atomic mass is 9.85. The van der Waals surface area contributed by atoms with E-state index in [0.717, 1.165) is 28.2 Å². The SMILES string of the molecule is Cc1csc(C(=O)N2C[C@H]3[C@H](c4ccccc4)[C@@]3(c3cc(C=N)c(Nc4ccc(F)cc4)cc3C)C2)n1. The minimum atomic E-state index is -0.288. The topological polar surface area (TPSA) is 69.1 Å². The van der Waals surface area contributed by atoms with Gasteiger partial charge in [0.05, 0.1) is 0 Å². The first kappa shape index (κ1) is 23.6. The summed E-state index contributed by atoms with van der Waals surface area (Å²) in [7, 11) is 0. The zero-order chi connectivity index (χ0) is 25.7. The van der Waals surface area contributed by atoms with Crippen molar-refractivity contribution in [2.75, 3.05) is 18.4 Å². The molecule has 2 heterocycles. The van der Waals surface area contributed by atoms with Gasteiger partial charge in [-0.3, -0.25) is 4.79 Å². The summed E-state index contributed by atoms with van der Waals surface area (Å²) in [5.74, 6) is 0.316. The van der Waals surface area contributed by atoms with Crippen LogP contribution in [0.4, 0.5) is 15.8 Å². The van der Waals surface area contributed by atoms with E-state index in [-0.39, 0.29) is 17.1 Å². The normalized spacial score (nSPS) is 22.0. The number of likely N-dealkylation sites (tertiary alicyclic amines) is 1. The number of benzene rings is 3. The fourth-order valence-electron chi connectivity index (χ4n) is 6.15. The molecule has 2 fully saturated rings. The van der Waals surface area contributed by atoms with E-state index in [1.165, 1.54) is 40.8 Å². The number of carbonyl (C=O) groups is 1. The molecule has 0 unspecified atom stereocenters. The van der Waals surface area contributed by atoms with Crippen molar-refractivity contribution < 1.29 is 9.18 Å². The number of anilines is 2. The lowest BCUT2D eigenvalue weighted by molar-refractivity contribution is 0.0768. The van der Waals surface area contributed by atoms with E-state index in [4.69, 9.17) is 5.41 Å². The molecule has 3 aromatic carbocycles. The molecule has 7 heteroatoms. The highest BCUT2D eigenvalue weighted by atomic mass is 32.1. The van der Waals surface area contributed by atoms with Gasteiger partial charge in [-0.15, -0.1) is 11.3 Å². The number of hydrogen-bond donors (Lipinski definition) is 2. The maximum Gasteiger partial charge on any atom is 0.282 e. The first-order chi connectivity index (χ1) is 17.9. The Balaban J connectivity index is 1.38. The summed E-state index contributed by atoms with van der Waals surface area (Å²) in [4.78, 5) is 19.7. The van der Waals surface area contributed by atoms with Crippen molar-refractivity contribution in [2.24, 2.45) is 5.92 Å². The number of rotatable bonds is 6. The Kier molecular flexibility index (Phi) is 5.68. The molecule has 0 radical (unpaired) electrons. The second-order valence-electron chi connectivity index (χ2n) is 10.0. The summed E-state index contributed by atoms with van der Waals surface area (Å²) >= 11 is 1.40. The van der Waals surface area contributed by atoms with E-state index < -0.39 is 0 Å². The van der Waals surface area contributed by atoms with Crippen molar-refractivity contribution in [3.63, 3.8) is 0 Å². The third-order valence-electron chi connectivity index (χ3n) is 7.80. The minimum absolute atomic E-state index is 0.00369. The highest BCUT2D eigenvalue weighted by Gasteiger charge is 2.71. The number of carbonyl (C=O) groups excluding carboxylic acids is 1. The Labute approximate surface area is 219 Å². The Bertz CT molecular complexity index is 1500. The van der Waals surface area contributed by atoms with Crippen LogP contribution in [-0.4, -0.2) is 35.1 Å². The number of thiazole rings is 1. The first-order valence-corrected chi connectivity index (χ1v) is 13.2. The molecule has 1 saturated heterocycles. The van der Waals surface area contributed by atoms with Gasteiger partial charge >= 0.3 is 0 Å². The van der Waals surface area contributed by atoms with Crippen LogP contribution in [0.3, 0.4) is 0 Å². The molecule has 1 aliphatic carbocycles. The van der Waals surface area contributed by atoms with E-state index in [0.29, 0.717) is 29.9 Å². The summed E-state index contributed by atoms with van der Waals surface area (Å²) in [5, 5.41) is 13.9. The number of halogens is 1. The molecule has 6 rings (SSSR count). The highest BCUT2D eigenvalue weighted by molar-refractivity contribution is 7.11. The molecule has 186 valence electrons. The molecule has 2 N–H and O–H groups in total. The molecule has 37 heavy (non-hydrogen) atoms. The number of aromatic nitrogens is 1. The predicted molar refractivity (Wildman–Crippen MR) is 146 cm³/mol. The number of amides is 1. The maximum absolute atomic E-state index is 13.4. The number of nitrogens with zero attached hydrogens (tertiary/aromatic N) is 2. The Morgan fingerprint density at radius 1 is 1.16 bits per heavy atom. The smallest absolute Gasteiger partial charge is 0.282 e. The third-order valence-corrected chi connectivity index (χ3v) is 8.75. The Morgan fingerprint density at radius 3 is 2.59 bits per heavy atom. The number of hydrogen-bond acceptors (Lipinski definition) is 5. The quantitative estimate of drug-likeness (QED) is 0.293. The molecule has 1 aromatic heterocycles. The fraction of sp³-hybridized carbons (Fsp3) is 0.233. The Hall–Kier alpha value is -3.84.